The van der Waals surface area contributed by atoms with E-state index in [4.69, 9.17) is 10.5 Å². The molecule has 5 unspecified atom stereocenters. The Labute approximate surface area is 311 Å². The number of Topliss-reactive ketones (excluding diaryl/α,β-unsaturated/α-hetero) is 2. The summed E-state index contributed by atoms with van der Waals surface area (Å²) in [6, 6.07) is 20.5. The SMILES string of the molecule is CC(N)C(=O)C1(C(=O)OCc2ccccc2)CCN(C(=O)C(CC(=O)O)NCc2ccccc2)C1(C(=O)O)C(=O)C(CCC(=O)O)NCc1ccccc1. The number of likely N-dealkylation sites (tertiary alicyclic amines) is 1. The van der Waals surface area contributed by atoms with Crippen LogP contribution in [0.2, 0.25) is 0 Å². The maximum atomic E-state index is 15.2. The summed E-state index contributed by atoms with van der Waals surface area (Å²) in [6.45, 7) is -0.0488. The molecule has 7 N–H and O–H groups in total. The molecular weight excluding hydrogens is 700 g/mol. The number of carboxylic acids is 3. The highest BCUT2D eigenvalue weighted by Crippen LogP contribution is 2.50. The lowest BCUT2D eigenvalue weighted by molar-refractivity contribution is -0.184. The zero-order valence-electron chi connectivity index (χ0n) is 29.7. The van der Waals surface area contributed by atoms with Crippen molar-refractivity contribution in [2.75, 3.05) is 6.54 Å². The Morgan fingerprint density at radius 1 is 0.741 bits per heavy atom. The van der Waals surface area contributed by atoms with Crippen molar-refractivity contribution in [3.05, 3.63) is 108 Å². The van der Waals surface area contributed by atoms with Gasteiger partial charge in [0.25, 0.3) is 0 Å². The first-order valence-corrected chi connectivity index (χ1v) is 17.3. The number of nitrogens with one attached hydrogen (secondary N) is 2. The molecule has 0 spiro atoms. The molecule has 1 amide bonds. The topological polar surface area (TPSA) is 243 Å². The lowest BCUT2D eigenvalue weighted by atomic mass is 9.62. The number of nitrogens with two attached hydrogens (primary N) is 1. The number of esters is 1. The third-order valence-electron chi connectivity index (χ3n) is 9.49. The third kappa shape index (κ3) is 8.87. The standard InChI is InChI=1S/C39H44N4O11/c1-25(40)33(48)38(37(53)54-24-28-15-9-4-10-16-28)19-20-43(35(50)30(21-32(46)47)42-23-27-13-7-3-8-14-27)39(38,36(51)52)34(49)29(17-18-31(44)45)41-22-26-11-5-2-6-12-26/h2-16,25,29-30,41-42H,17-24,40H2,1H3,(H,44,45)(H,46,47)(H,51,52). The van der Waals surface area contributed by atoms with Crippen LogP contribution in [0.25, 0.3) is 0 Å². The molecule has 1 saturated heterocycles. The van der Waals surface area contributed by atoms with Gasteiger partial charge in [-0.2, -0.15) is 0 Å². The first kappa shape index (κ1) is 41.0. The number of amides is 1. The Hall–Kier alpha value is -5.77. The number of aliphatic carboxylic acids is 3. The first-order valence-electron chi connectivity index (χ1n) is 17.3. The van der Waals surface area contributed by atoms with E-state index in [1.54, 1.807) is 91.0 Å². The van der Waals surface area contributed by atoms with E-state index in [2.05, 4.69) is 10.6 Å². The second-order valence-electron chi connectivity index (χ2n) is 13.1. The van der Waals surface area contributed by atoms with Gasteiger partial charge < -0.3 is 41.3 Å². The minimum atomic E-state index is -3.37. The van der Waals surface area contributed by atoms with Crippen molar-refractivity contribution >= 4 is 41.4 Å². The van der Waals surface area contributed by atoms with Crippen LogP contribution < -0.4 is 16.4 Å². The van der Waals surface area contributed by atoms with Gasteiger partial charge in [0, 0.05) is 26.1 Å². The van der Waals surface area contributed by atoms with Crippen molar-refractivity contribution < 1.29 is 53.6 Å². The largest absolute Gasteiger partial charge is 0.481 e. The summed E-state index contributed by atoms with van der Waals surface area (Å²) in [5.74, 6) is -10.1. The molecule has 0 saturated carbocycles. The molecule has 0 radical (unpaired) electrons. The Kier molecular flexibility index (Phi) is 13.9. The fourth-order valence-electron chi connectivity index (χ4n) is 6.90. The van der Waals surface area contributed by atoms with Gasteiger partial charge in [0.1, 0.15) is 6.61 Å². The van der Waals surface area contributed by atoms with Gasteiger partial charge in [-0.15, -0.1) is 0 Å². The number of hydrogen-bond donors (Lipinski definition) is 6. The average molecular weight is 745 g/mol. The maximum absolute atomic E-state index is 15.2. The van der Waals surface area contributed by atoms with E-state index in [0.717, 1.165) is 0 Å². The van der Waals surface area contributed by atoms with E-state index in [1.165, 1.54) is 6.92 Å². The molecule has 5 atom stereocenters. The van der Waals surface area contributed by atoms with Crippen LogP contribution in [0, 0.1) is 5.41 Å². The first-order chi connectivity index (χ1) is 25.7. The van der Waals surface area contributed by atoms with Gasteiger partial charge in [-0.1, -0.05) is 91.0 Å². The molecule has 15 heteroatoms. The number of ketones is 2. The van der Waals surface area contributed by atoms with Gasteiger partial charge in [-0.3, -0.25) is 28.8 Å². The lowest BCUT2D eigenvalue weighted by Gasteiger charge is -2.45. The van der Waals surface area contributed by atoms with Crippen LogP contribution in [0.1, 0.15) is 49.3 Å². The number of carbonyl (C=O) groups excluding carboxylic acids is 4. The number of benzene rings is 3. The quantitative estimate of drug-likeness (QED) is 0.0716. The van der Waals surface area contributed by atoms with Crippen molar-refractivity contribution in [1.82, 2.24) is 15.5 Å². The van der Waals surface area contributed by atoms with Crippen LogP contribution in [-0.2, 0) is 58.0 Å². The predicted molar refractivity (Wildman–Crippen MR) is 192 cm³/mol. The summed E-state index contributed by atoms with van der Waals surface area (Å²) in [4.78, 5) is 97.4. The molecule has 3 aromatic carbocycles. The van der Waals surface area contributed by atoms with Gasteiger partial charge in [-0.25, -0.2) is 4.79 Å². The minimum absolute atomic E-state index is 0.0464. The van der Waals surface area contributed by atoms with Gasteiger partial charge in [0.05, 0.1) is 24.5 Å². The summed E-state index contributed by atoms with van der Waals surface area (Å²) in [7, 11) is 0. The van der Waals surface area contributed by atoms with E-state index in [-0.39, 0.29) is 13.1 Å². The van der Waals surface area contributed by atoms with Crippen LogP contribution >= 0.6 is 0 Å². The van der Waals surface area contributed by atoms with Crippen molar-refractivity contribution in [3.63, 3.8) is 0 Å². The molecule has 1 aliphatic heterocycles. The molecular formula is C39H44N4O11. The van der Waals surface area contributed by atoms with Gasteiger partial charge in [0.2, 0.25) is 11.4 Å². The molecule has 15 nitrogen and oxygen atoms in total. The van der Waals surface area contributed by atoms with Crippen molar-refractivity contribution in [2.45, 2.75) is 76.0 Å². The zero-order valence-corrected chi connectivity index (χ0v) is 29.7. The molecule has 0 aliphatic carbocycles. The molecule has 1 aliphatic rings. The molecule has 4 rings (SSSR count). The van der Waals surface area contributed by atoms with Gasteiger partial charge >= 0.3 is 23.9 Å². The Bertz CT molecular complexity index is 1820. The fourth-order valence-corrected chi connectivity index (χ4v) is 6.90. The normalized spacial score (nSPS) is 19.6. The highest BCUT2D eigenvalue weighted by atomic mass is 16.5. The lowest BCUT2D eigenvalue weighted by Crippen LogP contribution is -2.75. The maximum Gasteiger partial charge on any atom is 0.339 e. The van der Waals surface area contributed by atoms with Crippen LogP contribution in [0.3, 0.4) is 0 Å². The Balaban J connectivity index is 1.92. The van der Waals surface area contributed by atoms with E-state index >= 15 is 4.79 Å². The summed E-state index contributed by atoms with van der Waals surface area (Å²) in [5, 5.41) is 36.5. The fraction of sp³-hybridized carbons (Fsp3) is 0.359. The molecule has 0 bridgehead atoms. The molecule has 0 aromatic heterocycles. The minimum Gasteiger partial charge on any atom is -0.481 e. The Morgan fingerprint density at radius 3 is 1.70 bits per heavy atom. The number of carbonyl (C=O) groups is 7. The highest BCUT2D eigenvalue weighted by Gasteiger charge is 2.78. The number of carboxylic acid groups (broad SMARTS) is 3. The second kappa shape index (κ2) is 18.3. The van der Waals surface area contributed by atoms with E-state index in [9.17, 15) is 44.1 Å². The summed E-state index contributed by atoms with van der Waals surface area (Å²) in [6.07, 6.45) is -2.75. The second-order valence-corrected chi connectivity index (χ2v) is 13.1. The number of ether oxygens (including phenoxy) is 1. The van der Waals surface area contributed by atoms with Crippen LogP contribution in [0.4, 0.5) is 0 Å². The van der Waals surface area contributed by atoms with Crippen molar-refractivity contribution in [3.8, 4) is 0 Å². The number of hydrogen-bond acceptors (Lipinski definition) is 11. The van der Waals surface area contributed by atoms with E-state index in [0.29, 0.717) is 21.6 Å². The zero-order chi connectivity index (χ0) is 39.5. The average Bonchev–Trinajstić information content (AvgIpc) is 3.53. The molecule has 286 valence electrons. The van der Waals surface area contributed by atoms with Gasteiger partial charge in [0.15, 0.2) is 17.0 Å². The van der Waals surface area contributed by atoms with Crippen LogP contribution in [0.5, 0.6) is 0 Å². The molecule has 54 heavy (non-hydrogen) atoms. The summed E-state index contributed by atoms with van der Waals surface area (Å²) < 4.78 is 5.61. The Morgan fingerprint density at radius 2 is 1.24 bits per heavy atom. The molecule has 1 heterocycles. The highest BCUT2D eigenvalue weighted by molar-refractivity contribution is 6.25. The van der Waals surface area contributed by atoms with Crippen LogP contribution in [0.15, 0.2) is 91.0 Å². The van der Waals surface area contributed by atoms with Gasteiger partial charge in [-0.05, 0) is 36.5 Å². The molecule has 1 fully saturated rings. The summed E-state index contributed by atoms with van der Waals surface area (Å²) in [5.41, 5.74) is 1.50. The number of rotatable bonds is 20. The molecule has 3 aromatic rings. The predicted octanol–water partition coefficient (Wildman–Crippen LogP) is 1.91. The van der Waals surface area contributed by atoms with Crippen LogP contribution in [-0.4, -0.2) is 91.8 Å². The monoisotopic (exact) mass is 744 g/mol. The van der Waals surface area contributed by atoms with E-state index < -0.39 is 109 Å². The third-order valence-corrected chi connectivity index (χ3v) is 9.49. The smallest absolute Gasteiger partial charge is 0.339 e. The summed E-state index contributed by atoms with van der Waals surface area (Å²) >= 11 is 0. The van der Waals surface area contributed by atoms with E-state index in [1.807, 2.05) is 0 Å². The number of nitrogens with zero attached hydrogens (tertiary/aromatic N) is 1. The van der Waals surface area contributed by atoms with Crippen molar-refractivity contribution in [2.24, 2.45) is 11.1 Å². The van der Waals surface area contributed by atoms with Crippen molar-refractivity contribution in [1.29, 1.82) is 0 Å².